The number of amides is 3. The third-order valence-electron chi connectivity index (χ3n) is 5.58. The van der Waals surface area contributed by atoms with E-state index in [1.54, 1.807) is 48.5 Å². The predicted molar refractivity (Wildman–Crippen MR) is 150 cm³/mol. The monoisotopic (exact) mass is 550 g/mol. The van der Waals surface area contributed by atoms with Crippen LogP contribution in [-0.4, -0.2) is 47.2 Å². The van der Waals surface area contributed by atoms with Crippen LogP contribution in [0.5, 0.6) is 0 Å². The van der Waals surface area contributed by atoms with Gasteiger partial charge in [-0.25, -0.2) is 9.59 Å². The molecule has 0 saturated carbocycles. The van der Waals surface area contributed by atoms with Crippen molar-refractivity contribution in [3.8, 4) is 0 Å². The van der Waals surface area contributed by atoms with Crippen molar-refractivity contribution in [3.63, 3.8) is 0 Å². The average Bonchev–Trinajstić information content (AvgIpc) is 2.98. The summed E-state index contributed by atoms with van der Waals surface area (Å²) in [6.07, 6.45) is 7.40. The summed E-state index contributed by atoms with van der Waals surface area (Å²) in [6.45, 7) is 4.47. The van der Waals surface area contributed by atoms with E-state index < -0.39 is 30.6 Å². The van der Waals surface area contributed by atoms with Gasteiger partial charge in [-0.05, 0) is 30.4 Å². The van der Waals surface area contributed by atoms with E-state index in [2.05, 4.69) is 13.5 Å². The van der Waals surface area contributed by atoms with Gasteiger partial charge in [0.25, 0.3) is 5.91 Å². The summed E-state index contributed by atoms with van der Waals surface area (Å²) in [5.74, 6) is -1.59. The molecule has 0 radical (unpaired) electrons. The first-order chi connectivity index (χ1) is 19.5. The first-order valence-electron chi connectivity index (χ1n) is 13.4. The Morgan fingerprint density at radius 3 is 1.93 bits per heavy atom. The number of nitrogens with zero attached hydrogens (tertiary/aromatic N) is 2. The third-order valence-corrected chi connectivity index (χ3v) is 5.58. The highest BCUT2D eigenvalue weighted by Crippen LogP contribution is 2.13. The fourth-order valence-corrected chi connectivity index (χ4v) is 3.51. The van der Waals surface area contributed by atoms with Crippen LogP contribution in [0.15, 0.2) is 85.5 Å². The number of carbonyl (C=O) groups is 4. The van der Waals surface area contributed by atoms with Gasteiger partial charge in [-0.1, -0.05) is 105 Å². The Labute approximate surface area is 236 Å². The summed E-state index contributed by atoms with van der Waals surface area (Å²) in [5.41, 5.74) is 1.37. The number of rotatable bonds is 15. The van der Waals surface area contributed by atoms with Gasteiger partial charge in [0, 0.05) is 6.42 Å². The van der Waals surface area contributed by atoms with E-state index in [0.717, 1.165) is 25.7 Å². The molecule has 9 heteroatoms. The molecule has 2 rings (SSSR count). The van der Waals surface area contributed by atoms with Crippen LogP contribution in [0, 0.1) is 0 Å². The van der Waals surface area contributed by atoms with Crippen molar-refractivity contribution in [2.75, 3.05) is 13.2 Å². The number of esters is 1. The van der Waals surface area contributed by atoms with Crippen LogP contribution in [0.1, 0.15) is 56.6 Å². The Kier molecular flexibility index (Phi) is 14.9. The molecule has 9 nitrogen and oxygen atoms in total. The SMILES string of the molecule is C=CCOC(=O)CN(C(=O)OCc1ccccc1)N(C(=O)CC/C=C/CCCCC)C(=O)OCc1ccccc1. The molecule has 0 N–H and O–H groups in total. The van der Waals surface area contributed by atoms with Crippen LogP contribution >= 0.6 is 0 Å². The molecule has 2 aromatic rings. The number of hydrazine groups is 1. The van der Waals surface area contributed by atoms with Gasteiger partial charge in [-0.15, -0.1) is 5.01 Å². The Morgan fingerprint density at radius 2 is 1.35 bits per heavy atom. The molecule has 40 heavy (non-hydrogen) atoms. The third kappa shape index (κ3) is 12.0. The lowest BCUT2D eigenvalue weighted by Gasteiger charge is -2.30. The van der Waals surface area contributed by atoms with E-state index in [9.17, 15) is 19.2 Å². The lowest BCUT2D eigenvalue weighted by Crippen LogP contribution is -2.55. The van der Waals surface area contributed by atoms with Gasteiger partial charge in [-0.3, -0.25) is 9.59 Å². The van der Waals surface area contributed by atoms with Crippen LogP contribution < -0.4 is 0 Å². The van der Waals surface area contributed by atoms with Gasteiger partial charge in [0.1, 0.15) is 26.4 Å². The van der Waals surface area contributed by atoms with E-state index in [1.165, 1.54) is 6.08 Å². The number of carbonyl (C=O) groups excluding carboxylic acids is 4. The lowest BCUT2D eigenvalue weighted by molar-refractivity contribution is -0.153. The topological polar surface area (TPSA) is 102 Å². The molecule has 2 aromatic carbocycles. The second kappa shape index (κ2) is 18.8. The summed E-state index contributed by atoms with van der Waals surface area (Å²) in [6, 6.07) is 17.7. The highest BCUT2D eigenvalue weighted by Gasteiger charge is 2.36. The van der Waals surface area contributed by atoms with Crippen molar-refractivity contribution < 1.29 is 33.4 Å². The average molecular weight is 551 g/mol. The highest BCUT2D eigenvalue weighted by atomic mass is 16.6. The molecular formula is C31H38N2O7. The van der Waals surface area contributed by atoms with Crippen LogP contribution in [0.2, 0.25) is 0 Å². The van der Waals surface area contributed by atoms with Gasteiger partial charge in [0.05, 0.1) is 0 Å². The molecule has 0 aliphatic heterocycles. The molecule has 0 bridgehead atoms. The second-order valence-corrected chi connectivity index (χ2v) is 8.82. The molecular weight excluding hydrogens is 512 g/mol. The smallest absolute Gasteiger partial charge is 0.436 e. The molecule has 0 saturated heterocycles. The van der Waals surface area contributed by atoms with E-state index in [0.29, 0.717) is 27.6 Å². The maximum atomic E-state index is 13.3. The van der Waals surface area contributed by atoms with E-state index in [-0.39, 0.29) is 26.2 Å². The van der Waals surface area contributed by atoms with Crippen molar-refractivity contribution >= 4 is 24.1 Å². The lowest BCUT2D eigenvalue weighted by atomic mass is 10.2. The van der Waals surface area contributed by atoms with Crippen molar-refractivity contribution in [1.29, 1.82) is 0 Å². The standard InChI is InChI=1S/C31H38N2O7/c1-3-5-6-7-8-9-16-21-28(34)33(31(37)40-25-27-19-14-11-15-20-27)32(23-29(35)38-22-4-2)30(36)39-24-26-17-12-10-13-18-26/h4,8-15,17-20H,2-3,5-7,16,21-25H2,1H3/b9-8+. The number of unbranched alkanes of at least 4 members (excludes halogenated alkanes) is 3. The largest absolute Gasteiger partial charge is 0.460 e. The normalized spacial score (nSPS) is 10.5. The van der Waals surface area contributed by atoms with Gasteiger partial charge >= 0.3 is 18.2 Å². The fraction of sp³-hybridized carbons (Fsp3) is 0.355. The highest BCUT2D eigenvalue weighted by molar-refractivity contribution is 5.94. The fourth-order valence-electron chi connectivity index (χ4n) is 3.51. The Bertz CT molecular complexity index is 1100. The molecule has 0 spiro atoms. The van der Waals surface area contributed by atoms with E-state index in [1.807, 2.05) is 24.3 Å². The zero-order valence-corrected chi connectivity index (χ0v) is 23.0. The van der Waals surface area contributed by atoms with E-state index in [4.69, 9.17) is 14.2 Å². The van der Waals surface area contributed by atoms with Gasteiger partial charge in [0.15, 0.2) is 0 Å². The maximum absolute atomic E-state index is 13.3. The van der Waals surface area contributed by atoms with Gasteiger partial charge < -0.3 is 14.2 Å². The van der Waals surface area contributed by atoms with Crippen molar-refractivity contribution in [3.05, 3.63) is 96.6 Å². The predicted octanol–water partition coefficient (Wildman–Crippen LogP) is 6.35. The first kappa shape index (κ1) is 31.8. The zero-order valence-electron chi connectivity index (χ0n) is 23.0. The second-order valence-electron chi connectivity index (χ2n) is 8.82. The molecule has 0 unspecified atom stereocenters. The van der Waals surface area contributed by atoms with Crippen LogP contribution in [0.3, 0.4) is 0 Å². The molecule has 0 aliphatic rings. The number of hydrogen-bond acceptors (Lipinski definition) is 7. The van der Waals surface area contributed by atoms with Crippen molar-refractivity contribution in [2.24, 2.45) is 0 Å². The number of allylic oxidation sites excluding steroid dienone is 2. The number of benzene rings is 2. The Hall–Kier alpha value is -4.40. The van der Waals surface area contributed by atoms with Crippen molar-refractivity contribution in [2.45, 2.75) is 58.7 Å². The summed E-state index contributed by atoms with van der Waals surface area (Å²) in [4.78, 5) is 52.2. The minimum absolute atomic E-state index is 0.102. The number of hydrogen-bond donors (Lipinski definition) is 0. The molecule has 0 aliphatic carbocycles. The molecule has 0 fully saturated rings. The van der Waals surface area contributed by atoms with Gasteiger partial charge in [0.2, 0.25) is 0 Å². The van der Waals surface area contributed by atoms with Crippen LogP contribution in [0.4, 0.5) is 9.59 Å². The molecule has 214 valence electrons. The van der Waals surface area contributed by atoms with Crippen LogP contribution in [0.25, 0.3) is 0 Å². The molecule has 3 amide bonds. The quantitative estimate of drug-likeness (QED) is 0.0837. The molecule has 0 atom stereocenters. The maximum Gasteiger partial charge on any atom is 0.436 e. The summed E-state index contributed by atoms with van der Waals surface area (Å²) >= 11 is 0. The van der Waals surface area contributed by atoms with Crippen molar-refractivity contribution in [1.82, 2.24) is 10.0 Å². The minimum Gasteiger partial charge on any atom is -0.460 e. The summed E-state index contributed by atoms with van der Waals surface area (Å²) in [5, 5.41) is 1.14. The van der Waals surface area contributed by atoms with E-state index >= 15 is 0 Å². The van der Waals surface area contributed by atoms with Gasteiger partial charge in [-0.2, -0.15) is 5.01 Å². The summed E-state index contributed by atoms with van der Waals surface area (Å²) in [7, 11) is 0. The summed E-state index contributed by atoms with van der Waals surface area (Å²) < 4.78 is 15.7. The zero-order chi connectivity index (χ0) is 29.0. The molecule has 0 aromatic heterocycles. The Morgan fingerprint density at radius 1 is 0.775 bits per heavy atom. The number of ether oxygens (including phenoxy) is 3. The number of imide groups is 1. The Balaban J connectivity index is 2.24. The van der Waals surface area contributed by atoms with Crippen LogP contribution in [-0.2, 0) is 37.0 Å². The molecule has 0 heterocycles. The first-order valence-corrected chi connectivity index (χ1v) is 13.4. The minimum atomic E-state index is -1.12.